The zero-order valence-electron chi connectivity index (χ0n) is 18.3. The van der Waals surface area contributed by atoms with Crippen LogP contribution >= 0.6 is 0 Å². The first kappa shape index (κ1) is 21.5. The Morgan fingerprint density at radius 1 is 1.35 bits per heavy atom. The summed E-state index contributed by atoms with van der Waals surface area (Å²) in [5.41, 5.74) is 10.3. The Morgan fingerprint density at radius 3 is 2.81 bits per heavy atom. The van der Waals surface area contributed by atoms with Crippen molar-refractivity contribution in [2.75, 3.05) is 49.3 Å². The van der Waals surface area contributed by atoms with Gasteiger partial charge in [0.25, 0.3) is 0 Å². The van der Waals surface area contributed by atoms with Crippen LogP contribution in [0, 0.1) is 18.3 Å². The zero-order valence-corrected chi connectivity index (χ0v) is 18.3. The Balaban J connectivity index is 1.90. The van der Waals surface area contributed by atoms with Gasteiger partial charge in [0.1, 0.15) is 17.0 Å². The molecule has 2 aromatic heterocycles. The van der Waals surface area contributed by atoms with Crippen LogP contribution < -0.4 is 15.5 Å². The van der Waals surface area contributed by atoms with Gasteiger partial charge in [-0.25, -0.2) is 4.98 Å². The lowest BCUT2D eigenvalue weighted by atomic mass is 9.96. The molecule has 8 heteroatoms. The van der Waals surface area contributed by atoms with Crippen molar-refractivity contribution < 1.29 is 9.84 Å². The van der Waals surface area contributed by atoms with Crippen LogP contribution in [0.1, 0.15) is 31.0 Å². The number of ether oxygens (including phenoxy) is 1. The number of hydrogen-bond acceptors (Lipinski definition) is 8. The number of aliphatic hydroxyl groups excluding tert-OH is 1. The third-order valence-corrected chi connectivity index (χ3v) is 6.40. The Hall–Kier alpha value is -2.71. The summed E-state index contributed by atoms with van der Waals surface area (Å²) >= 11 is 0. The smallest absolute Gasteiger partial charge is 0.131 e. The Morgan fingerprint density at radius 2 is 2.13 bits per heavy atom. The van der Waals surface area contributed by atoms with Gasteiger partial charge in [-0.05, 0) is 44.2 Å². The lowest BCUT2D eigenvalue weighted by Gasteiger charge is -2.37. The van der Waals surface area contributed by atoms with Crippen LogP contribution in [0.5, 0.6) is 0 Å². The Bertz CT molecular complexity index is 984. The fourth-order valence-corrected chi connectivity index (χ4v) is 4.57. The lowest BCUT2D eigenvalue weighted by molar-refractivity contribution is 0.0986. The van der Waals surface area contributed by atoms with Gasteiger partial charge >= 0.3 is 0 Å². The van der Waals surface area contributed by atoms with Crippen LogP contribution in [0.3, 0.4) is 0 Å². The van der Waals surface area contributed by atoms with Crippen LogP contribution in [-0.4, -0.2) is 66.8 Å². The second kappa shape index (κ2) is 9.20. The largest absolute Gasteiger partial charge is 0.397 e. The summed E-state index contributed by atoms with van der Waals surface area (Å²) in [4.78, 5) is 14.3. The molecule has 0 aromatic carbocycles. The van der Waals surface area contributed by atoms with Crippen molar-refractivity contribution in [1.82, 2.24) is 9.97 Å². The molecule has 2 aromatic rings. The van der Waals surface area contributed by atoms with Gasteiger partial charge in [0.05, 0.1) is 30.6 Å². The van der Waals surface area contributed by atoms with Gasteiger partial charge in [-0.15, -0.1) is 0 Å². The molecular weight excluding hydrogens is 392 g/mol. The highest BCUT2D eigenvalue weighted by molar-refractivity contribution is 6.01. The Kier molecular flexibility index (Phi) is 6.38. The molecule has 4 N–H and O–H groups in total. The van der Waals surface area contributed by atoms with E-state index in [0.717, 1.165) is 60.4 Å². The van der Waals surface area contributed by atoms with Gasteiger partial charge in [0, 0.05) is 50.1 Å². The summed E-state index contributed by atoms with van der Waals surface area (Å²) in [5.74, 6) is 1.27. The van der Waals surface area contributed by atoms with Crippen molar-refractivity contribution in [3.63, 3.8) is 0 Å². The standard InChI is InChI=1S/C23H32N6O2/c1-15-12-26-22(18(25)3-6-24)23-21(15)19(28-7-4-17(13-30)5-8-28)11-20(27-23)29-9-10-31-14-16(29)2/h3,6,11-12,16-17,24,30H,4-5,7-10,13-14,25H2,1-2H3/b18-3-,24-6?/t16-/m1/s1. The van der Waals surface area contributed by atoms with E-state index in [1.807, 2.05) is 6.20 Å². The number of nitrogens with one attached hydrogen (secondary N) is 1. The van der Waals surface area contributed by atoms with E-state index in [1.165, 1.54) is 6.21 Å². The molecule has 2 fully saturated rings. The molecule has 0 bridgehead atoms. The molecule has 2 aliphatic rings. The van der Waals surface area contributed by atoms with Crippen LogP contribution in [0.4, 0.5) is 11.5 Å². The van der Waals surface area contributed by atoms with Crippen molar-refractivity contribution in [1.29, 1.82) is 5.41 Å². The summed E-state index contributed by atoms with van der Waals surface area (Å²) in [6.45, 7) is 8.37. The van der Waals surface area contributed by atoms with Crippen molar-refractivity contribution in [2.24, 2.45) is 11.7 Å². The average molecular weight is 425 g/mol. The number of nitrogens with zero attached hydrogens (tertiary/aromatic N) is 4. The summed E-state index contributed by atoms with van der Waals surface area (Å²) in [7, 11) is 0. The monoisotopic (exact) mass is 424 g/mol. The number of fused-ring (bicyclic) bond motifs is 1. The van der Waals surface area contributed by atoms with E-state index in [0.29, 0.717) is 30.5 Å². The molecule has 166 valence electrons. The van der Waals surface area contributed by atoms with E-state index in [2.05, 4.69) is 34.7 Å². The van der Waals surface area contributed by atoms with Gasteiger partial charge in [0.15, 0.2) is 0 Å². The van der Waals surface area contributed by atoms with E-state index in [9.17, 15) is 5.11 Å². The lowest BCUT2D eigenvalue weighted by Crippen LogP contribution is -2.44. The SMILES string of the molecule is Cc1cnc(/C(N)=C/C=N)c2nc(N3CCOC[C@H]3C)cc(N3CCC(CO)CC3)c12. The summed E-state index contributed by atoms with van der Waals surface area (Å²) < 4.78 is 5.63. The minimum absolute atomic E-state index is 0.224. The van der Waals surface area contributed by atoms with Gasteiger partial charge in [-0.3, -0.25) is 4.98 Å². The Labute approximate surface area is 183 Å². The van der Waals surface area contributed by atoms with E-state index in [1.54, 1.807) is 6.08 Å². The highest BCUT2D eigenvalue weighted by atomic mass is 16.5. The minimum atomic E-state index is 0.224. The second-order valence-corrected chi connectivity index (χ2v) is 8.53. The first-order chi connectivity index (χ1) is 15.0. The number of rotatable bonds is 5. The molecular formula is C23H32N6O2. The van der Waals surface area contributed by atoms with Crippen molar-refractivity contribution >= 4 is 34.3 Å². The molecule has 0 amide bonds. The second-order valence-electron chi connectivity index (χ2n) is 8.53. The minimum Gasteiger partial charge on any atom is -0.397 e. The first-order valence-electron chi connectivity index (χ1n) is 11.0. The van der Waals surface area contributed by atoms with Gasteiger partial charge in [-0.2, -0.15) is 0 Å². The quantitative estimate of drug-likeness (QED) is 0.632. The highest BCUT2D eigenvalue weighted by Crippen LogP contribution is 2.37. The topological polar surface area (TPSA) is 112 Å². The van der Waals surface area contributed by atoms with Crippen molar-refractivity contribution in [3.05, 3.63) is 29.6 Å². The van der Waals surface area contributed by atoms with Gasteiger partial charge in [0.2, 0.25) is 0 Å². The van der Waals surface area contributed by atoms with Gasteiger partial charge < -0.3 is 30.8 Å². The predicted octanol–water partition coefficient (Wildman–Crippen LogP) is 2.32. The first-order valence-corrected chi connectivity index (χ1v) is 11.0. The molecule has 0 radical (unpaired) electrons. The summed E-state index contributed by atoms with van der Waals surface area (Å²) in [6.07, 6.45) is 6.50. The molecule has 8 nitrogen and oxygen atoms in total. The normalized spacial score (nSPS) is 21.0. The van der Waals surface area contributed by atoms with Crippen LogP contribution in [0.25, 0.3) is 16.6 Å². The fourth-order valence-electron chi connectivity index (χ4n) is 4.57. The van der Waals surface area contributed by atoms with Crippen molar-refractivity contribution in [2.45, 2.75) is 32.7 Å². The zero-order chi connectivity index (χ0) is 22.0. The molecule has 0 saturated carbocycles. The molecule has 4 heterocycles. The fraction of sp³-hybridized carbons (Fsp3) is 0.522. The van der Waals surface area contributed by atoms with E-state index >= 15 is 0 Å². The van der Waals surface area contributed by atoms with Crippen molar-refractivity contribution in [3.8, 4) is 0 Å². The number of hydrogen-bond donors (Lipinski definition) is 3. The number of aliphatic hydroxyl groups is 1. The van der Waals surface area contributed by atoms with Crippen LogP contribution in [0.2, 0.25) is 0 Å². The number of anilines is 2. The molecule has 0 aliphatic carbocycles. The van der Waals surface area contributed by atoms with Crippen LogP contribution in [-0.2, 0) is 4.74 Å². The molecule has 31 heavy (non-hydrogen) atoms. The van der Waals surface area contributed by atoms with Gasteiger partial charge in [-0.1, -0.05) is 0 Å². The molecule has 0 spiro atoms. The number of piperidine rings is 1. The maximum Gasteiger partial charge on any atom is 0.131 e. The highest BCUT2D eigenvalue weighted by Gasteiger charge is 2.26. The molecule has 2 aliphatic heterocycles. The third kappa shape index (κ3) is 4.22. The maximum atomic E-state index is 9.56. The van der Waals surface area contributed by atoms with Crippen LogP contribution in [0.15, 0.2) is 18.3 Å². The predicted molar refractivity (Wildman–Crippen MR) is 125 cm³/mol. The van der Waals surface area contributed by atoms with E-state index in [4.69, 9.17) is 20.9 Å². The average Bonchev–Trinajstić information content (AvgIpc) is 2.79. The number of aromatic nitrogens is 2. The van der Waals surface area contributed by atoms with E-state index in [-0.39, 0.29) is 12.6 Å². The van der Waals surface area contributed by atoms with E-state index < -0.39 is 0 Å². The number of morpholine rings is 1. The molecule has 4 rings (SSSR count). The molecule has 1 atom stereocenters. The third-order valence-electron chi connectivity index (χ3n) is 6.40. The summed E-state index contributed by atoms with van der Waals surface area (Å²) in [5, 5.41) is 18.0. The number of allylic oxidation sites excluding steroid dienone is 1. The molecule has 0 unspecified atom stereocenters. The maximum absolute atomic E-state index is 9.56. The molecule has 2 saturated heterocycles. The number of pyridine rings is 2. The summed E-state index contributed by atoms with van der Waals surface area (Å²) in [6, 6.07) is 2.42. The number of aryl methyl sites for hydroxylation is 1. The number of nitrogens with two attached hydrogens (primary N) is 1.